The first-order valence-corrected chi connectivity index (χ1v) is 33.6. The van der Waals surface area contributed by atoms with Crippen molar-refractivity contribution in [3.8, 4) is 0 Å². The normalized spacial score (nSPS) is 12.9. The van der Waals surface area contributed by atoms with Gasteiger partial charge in [0.2, 0.25) is 0 Å². The molecule has 0 aromatic heterocycles. The molecule has 0 bridgehead atoms. The zero-order chi connectivity index (χ0) is 56.9. The van der Waals surface area contributed by atoms with E-state index in [1.807, 2.05) is 21.1 Å². The Morgan fingerprint density at radius 1 is 0.385 bits per heavy atom. The largest absolute Gasteiger partial charge is 0.545 e. The number of hydrogen-bond acceptors (Lipinski definition) is 8. The molecule has 0 aliphatic rings. The number of unbranched alkanes of at least 4 members (excludes halogenated alkanes) is 42. The Kier molecular flexibility index (Phi) is 58.7. The highest BCUT2D eigenvalue weighted by atomic mass is 16.7. The molecule has 2 atom stereocenters. The highest BCUT2D eigenvalue weighted by Gasteiger charge is 2.22. The number of carboxylic acid groups (broad SMARTS) is 1. The molecule has 0 fully saturated rings. The molecule has 2 unspecified atom stereocenters. The molecule has 0 spiro atoms. The number of rotatable bonds is 63. The number of esters is 2. The van der Waals surface area contributed by atoms with Crippen LogP contribution in [-0.4, -0.2) is 82.3 Å². The average Bonchev–Trinajstić information content (AvgIpc) is 3.41. The van der Waals surface area contributed by atoms with Crippen molar-refractivity contribution >= 4 is 17.9 Å². The lowest BCUT2D eigenvalue weighted by atomic mass is 10.0. The number of aliphatic carboxylic acids is 1. The number of carbonyl (C=O) groups is 3. The molecule has 0 saturated carbocycles. The summed E-state index contributed by atoms with van der Waals surface area (Å²) in [6.45, 7) is 4.78. The number of carbonyl (C=O) groups excluding carboxylic acids is 3. The monoisotopic (exact) mass is 1100 g/mol. The molecule has 0 aromatic carbocycles. The number of ether oxygens (including phenoxy) is 4. The first-order valence-electron chi connectivity index (χ1n) is 33.6. The van der Waals surface area contributed by atoms with Gasteiger partial charge in [-0.3, -0.25) is 9.59 Å². The van der Waals surface area contributed by atoms with Gasteiger partial charge in [-0.2, -0.15) is 0 Å². The summed E-state index contributed by atoms with van der Waals surface area (Å²) in [5, 5.41) is 11.8. The van der Waals surface area contributed by atoms with Gasteiger partial charge in [0.25, 0.3) is 0 Å². The van der Waals surface area contributed by atoms with Crippen LogP contribution in [0.3, 0.4) is 0 Å². The van der Waals surface area contributed by atoms with E-state index < -0.39 is 24.3 Å². The van der Waals surface area contributed by atoms with Crippen molar-refractivity contribution in [3.63, 3.8) is 0 Å². The Hall–Kier alpha value is -2.49. The maximum Gasteiger partial charge on any atom is 0.306 e. The van der Waals surface area contributed by atoms with Crippen LogP contribution in [0.5, 0.6) is 0 Å². The van der Waals surface area contributed by atoms with Gasteiger partial charge in [-0.25, -0.2) is 0 Å². The molecule has 9 nitrogen and oxygen atoms in total. The molecule has 0 aliphatic carbocycles. The third kappa shape index (κ3) is 61.1. The van der Waals surface area contributed by atoms with Gasteiger partial charge in [0.1, 0.15) is 13.2 Å². The summed E-state index contributed by atoms with van der Waals surface area (Å²) < 4.78 is 22.8. The minimum atomic E-state index is -1.62. The van der Waals surface area contributed by atoms with E-state index in [0.29, 0.717) is 17.4 Å². The van der Waals surface area contributed by atoms with E-state index in [-0.39, 0.29) is 32.2 Å². The van der Waals surface area contributed by atoms with Gasteiger partial charge in [-0.15, -0.1) is 0 Å². The first kappa shape index (κ1) is 75.5. The van der Waals surface area contributed by atoms with Crippen molar-refractivity contribution in [1.29, 1.82) is 0 Å². The molecule has 0 aromatic rings. The van der Waals surface area contributed by atoms with Crippen LogP contribution in [0, 0.1) is 0 Å². The smallest absolute Gasteiger partial charge is 0.306 e. The second-order valence-corrected chi connectivity index (χ2v) is 24.1. The lowest BCUT2D eigenvalue weighted by Crippen LogP contribution is -2.44. The van der Waals surface area contributed by atoms with E-state index in [0.717, 1.165) is 44.9 Å². The van der Waals surface area contributed by atoms with Crippen LogP contribution < -0.4 is 5.11 Å². The van der Waals surface area contributed by atoms with Crippen molar-refractivity contribution in [2.45, 2.75) is 341 Å². The van der Waals surface area contributed by atoms with Gasteiger partial charge < -0.3 is 33.3 Å². The zero-order valence-corrected chi connectivity index (χ0v) is 52.3. The van der Waals surface area contributed by atoms with Crippen molar-refractivity contribution in [1.82, 2.24) is 0 Å². The van der Waals surface area contributed by atoms with Gasteiger partial charge in [0.05, 0.1) is 40.3 Å². The van der Waals surface area contributed by atoms with E-state index in [9.17, 15) is 19.5 Å². The number of quaternary nitrogens is 1. The van der Waals surface area contributed by atoms with Crippen LogP contribution in [0.1, 0.15) is 328 Å². The summed E-state index contributed by atoms with van der Waals surface area (Å²) in [7, 11) is 5.94. The third-order valence-corrected chi connectivity index (χ3v) is 15.1. The number of allylic oxidation sites excluding steroid dienone is 6. The van der Waals surface area contributed by atoms with Gasteiger partial charge in [-0.1, -0.05) is 281 Å². The lowest BCUT2D eigenvalue weighted by molar-refractivity contribution is -0.870. The summed E-state index contributed by atoms with van der Waals surface area (Å²) in [5.41, 5.74) is 0. The SMILES string of the molecule is CCCCCCC/C=C\C/C=C\CCCCCCCCCCCCCCCCCCCCCCCCCC(=O)OC(COC(=O)CCCCCCCCC/C=C\CCCCCCCCC)COC(OCC[N+](C)(C)C)C(=O)[O-]. The molecule has 458 valence electrons. The van der Waals surface area contributed by atoms with E-state index in [1.54, 1.807) is 0 Å². The Labute approximate surface area is 483 Å². The van der Waals surface area contributed by atoms with Crippen LogP contribution in [0.4, 0.5) is 0 Å². The summed E-state index contributed by atoms with van der Waals surface area (Å²) in [5.74, 6) is -2.27. The minimum Gasteiger partial charge on any atom is -0.545 e. The van der Waals surface area contributed by atoms with Crippen LogP contribution >= 0.6 is 0 Å². The topological polar surface area (TPSA) is 111 Å². The molecule has 0 heterocycles. The molecule has 0 saturated heterocycles. The maximum atomic E-state index is 12.9. The van der Waals surface area contributed by atoms with Crippen molar-refractivity contribution in [3.05, 3.63) is 36.5 Å². The van der Waals surface area contributed by atoms with Crippen molar-refractivity contribution in [2.75, 3.05) is 47.5 Å². The van der Waals surface area contributed by atoms with Crippen LogP contribution in [0.2, 0.25) is 0 Å². The summed E-state index contributed by atoms with van der Waals surface area (Å²) >= 11 is 0. The van der Waals surface area contributed by atoms with Gasteiger partial charge in [-0.05, 0) is 70.6 Å². The van der Waals surface area contributed by atoms with E-state index in [2.05, 4.69) is 50.3 Å². The van der Waals surface area contributed by atoms with E-state index >= 15 is 0 Å². The van der Waals surface area contributed by atoms with Gasteiger partial charge in [0.15, 0.2) is 12.4 Å². The lowest BCUT2D eigenvalue weighted by Gasteiger charge is -2.26. The first-order chi connectivity index (χ1) is 38.1. The highest BCUT2D eigenvalue weighted by molar-refractivity contribution is 5.70. The predicted octanol–water partition coefficient (Wildman–Crippen LogP) is 19.1. The van der Waals surface area contributed by atoms with E-state index in [4.69, 9.17) is 18.9 Å². The number of carboxylic acids is 1. The highest BCUT2D eigenvalue weighted by Crippen LogP contribution is 2.18. The Bertz CT molecular complexity index is 1370. The summed E-state index contributed by atoms with van der Waals surface area (Å²) in [6, 6.07) is 0. The number of hydrogen-bond donors (Lipinski definition) is 0. The van der Waals surface area contributed by atoms with Crippen molar-refractivity contribution in [2.24, 2.45) is 0 Å². The number of likely N-dealkylation sites (N-methyl/N-ethyl adjacent to an activating group) is 1. The Balaban J connectivity index is 4.03. The van der Waals surface area contributed by atoms with Crippen LogP contribution in [-0.2, 0) is 33.3 Å². The molecule has 78 heavy (non-hydrogen) atoms. The van der Waals surface area contributed by atoms with Crippen LogP contribution in [0.15, 0.2) is 36.5 Å². The molecular formula is C69H129NO8. The average molecular weight is 1100 g/mol. The second kappa shape index (κ2) is 60.6. The molecule has 9 heteroatoms. The van der Waals surface area contributed by atoms with E-state index in [1.165, 1.54) is 257 Å². The van der Waals surface area contributed by atoms with Crippen LogP contribution in [0.25, 0.3) is 0 Å². The molecule has 0 aliphatic heterocycles. The standard InChI is InChI=1S/C69H129NO8/c1-6-8-10-12-14-16-18-20-22-24-26-27-28-29-30-31-32-33-34-35-36-37-38-39-40-41-42-44-46-48-50-52-54-56-58-60-67(72)78-65(64-77-69(68(73)74)75-62-61-70(3,4)5)63-76-66(71)59-57-55-53-51-49-47-45-43-25-23-21-19-17-15-13-11-9-7-2/h18,20,23-26,65,69H,6-17,19,21-22,27-64H2,1-5H3/b20-18-,25-23-,26-24-. The Morgan fingerprint density at radius 3 is 1.03 bits per heavy atom. The third-order valence-electron chi connectivity index (χ3n) is 15.1. The van der Waals surface area contributed by atoms with Crippen molar-refractivity contribution < 1.29 is 42.9 Å². The fraction of sp³-hybridized carbons (Fsp3) is 0.870. The fourth-order valence-electron chi connectivity index (χ4n) is 9.92. The molecule has 0 radical (unpaired) electrons. The molecule has 0 N–H and O–H groups in total. The number of nitrogens with zero attached hydrogens (tertiary/aromatic N) is 1. The molecule has 0 rings (SSSR count). The summed E-state index contributed by atoms with van der Waals surface area (Å²) in [6.07, 6.45) is 72.3. The van der Waals surface area contributed by atoms with Gasteiger partial charge >= 0.3 is 11.9 Å². The molecular weight excluding hydrogens is 971 g/mol. The quantitative estimate of drug-likeness (QED) is 0.0195. The molecule has 0 amide bonds. The predicted molar refractivity (Wildman–Crippen MR) is 329 cm³/mol. The Morgan fingerprint density at radius 2 is 0.692 bits per heavy atom. The van der Waals surface area contributed by atoms with Gasteiger partial charge in [0, 0.05) is 12.8 Å². The minimum absolute atomic E-state index is 0.149. The zero-order valence-electron chi connectivity index (χ0n) is 52.3. The fourth-order valence-corrected chi connectivity index (χ4v) is 9.92. The second-order valence-electron chi connectivity index (χ2n) is 24.1. The summed E-state index contributed by atoms with van der Waals surface area (Å²) in [4.78, 5) is 37.4. The maximum absolute atomic E-state index is 12.9.